The largest absolute Gasteiger partial charge is 0.465 e. The smallest absolute Gasteiger partial charge is 0.337 e. The van der Waals surface area contributed by atoms with Gasteiger partial charge in [0.25, 0.3) is 0 Å². The highest BCUT2D eigenvalue weighted by Gasteiger charge is 2.24. The fraction of sp³-hybridized carbons (Fsp3) is 0.417. The first-order valence-corrected chi connectivity index (χ1v) is 7.12. The SMILES string of the molecule is COC(=O)c1ccc(S(=O)(=O)NC(C)(C)CN)cc1. The summed E-state index contributed by atoms with van der Waals surface area (Å²) in [6.07, 6.45) is 0. The fourth-order valence-electron chi connectivity index (χ4n) is 1.35. The molecule has 6 nitrogen and oxygen atoms in total. The molecular weight excluding hydrogens is 268 g/mol. The van der Waals surface area contributed by atoms with Gasteiger partial charge < -0.3 is 10.5 Å². The molecule has 0 aromatic heterocycles. The molecular formula is C12H18N2O4S. The summed E-state index contributed by atoms with van der Waals surface area (Å²) in [5, 5.41) is 0. The van der Waals surface area contributed by atoms with Crippen LogP contribution in [0.4, 0.5) is 0 Å². The van der Waals surface area contributed by atoms with Crippen molar-refractivity contribution in [2.24, 2.45) is 5.73 Å². The molecule has 1 rings (SSSR count). The predicted octanol–water partition coefficient (Wildman–Crippen LogP) is 0.489. The maximum Gasteiger partial charge on any atom is 0.337 e. The Morgan fingerprint density at radius 3 is 2.26 bits per heavy atom. The van der Waals surface area contributed by atoms with Crippen molar-refractivity contribution < 1.29 is 17.9 Å². The molecule has 0 atom stereocenters. The van der Waals surface area contributed by atoms with Crippen LogP contribution < -0.4 is 10.5 Å². The Morgan fingerprint density at radius 1 is 1.32 bits per heavy atom. The van der Waals surface area contributed by atoms with Gasteiger partial charge in [-0.05, 0) is 38.1 Å². The summed E-state index contributed by atoms with van der Waals surface area (Å²) in [6.45, 7) is 3.55. The van der Waals surface area contributed by atoms with Crippen LogP contribution in [0.3, 0.4) is 0 Å². The molecule has 3 N–H and O–H groups in total. The van der Waals surface area contributed by atoms with E-state index in [0.717, 1.165) is 0 Å². The summed E-state index contributed by atoms with van der Waals surface area (Å²) in [7, 11) is -2.40. The standard InChI is InChI=1S/C12H18N2O4S/c1-12(2,8-13)14-19(16,17)10-6-4-9(5-7-10)11(15)18-3/h4-7,14H,8,13H2,1-3H3. The highest BCUT2D eigenvalue weighted by Crippen LogP contribution is 2.14. The minimum atomic E-state index is -3.66. The van der Waals surface area contributed by atoms with Gasteiger partial charge >= 0.3 is 5.97 Å². The number of nitrogens with two attached hydrogens (primary N) is 1. The van der Waals surface area contributed by atoms with Crippen LogP contribution in [0.25, 0.3) is 0 Å². The Balaban J connectivity index is 3.01. The zero-order chi connectivity index (χ0) is 14.7. The van der Waals surface area contributed by atoms with Crippen LogP contribution in [0, 0.1) is 0 Å². The minimum absolute atomic E-state index is 0.0710. The first kappa shape index (κ1) is 15.6. The maximum absolute atomic E-state index is 12.1. The monoisotopic (exact) mass is 286 g/mol. The van der Waals surface area contributed by atoms with E-state index in [0.29, 0.717) is 5.56 Å². The minimum Gasteiger partial charge on any atom is -0.465 e. The second kappa shape index (κ2) is 5.68. The summed E-state index contributed by atoms with van der Waals surface area (Å²) < 4.78 is 31.2. The Labute approximate surface area is 113 Å². The number of carbonyl (C=O) groups is 1. The summed E-state index contributed by atoms with van der Waals surface area (Å²) >= 11 is 0. The van der Waals surface area contributed by atoms with Crippen LogP contribution in [-0.2, 0) is 14.8 Å². The lowest BCUT2D eigenvalue weighted by Gasteiger charge is -2.23. The van der Waals surface area contributed by atoms with Crippen molar-refractivity contribution in [3.05, 3.63) is 29.8 Å². The van der Waals surface area contributed by atoms with E-state index in [-0.39, 0.29) is 11.4 Å². The molecule has 0 radical (unpaired) electrons. The van der Waals surface area contributed by atoms with Gasteiger partial charge in [-0.25, -0.2) is 17.9 Å². The van der Waals surface area contributed by atoms with Gasteiger partial charge in [-0.3, -0.25) is 0 Å². The molecule has 0 aliphatic heterocycles. The van der Waals surface area contributed by atoms with Crippen molar-refractivity contribution >= 4 is 16.0 Å². The molecule has 106 valence electrons. The van der Waals surface area contributed by atoms with Gasteiger partial charge in [-0.2, -0.15) is 0 Å². The van der Waals surface area contributed by atoms with Crippen molar-refractivity contribution in [1.82, 2.24) is 4.72 Å². The summed E-state index contributed by atoms with van der Waals surface area (Å²) in [6, 6.07) is 5.49. The van der Waals surface area contributed by atoms with E-state index in [9.17, 15) is 13.2 Å². The number of hydrogen-bond donors (Lipinski definition) is 2. The van der Waals surface area contributed by atoms with E-state index in [1.807, 2.05) is 0 Å². The van der Waals surface area contributed by atoms with E-state index >= 15 is 0 Å². The number of esters is 1. The third-order valence-electron chi connectivity index (χ3n) is 2.51. The molecule has 0 spiro atoms. The molecule has 0 aliphatic rings. The van der Waals surface area contributed by atoms with E-state index in [1.165, 1.54) is 31.4 Å². The molecule has 1 aromatic carbocycles. The second-order valence-electron chi connectivity index (χ2n) is 4.71. The zero-order valence-corrected chi connectivity index (χ0v) is 12.0. The molecule has 19 heavy (non-hydrogen) atoms. The summed E-state index contributed by atoms with van der Waals surface area (Å²) in [5.41, 5.74) is 5.04. The Kier molecular flexibility index (Phi) is 4.67. The van der Waals surface area contributed by atoms with Crippen LogP contribution >= 0.6 is 0 Å². The number of ether oxygens (including phenoxy) is 1. The first-order valence-electron chi connectivity index (χ1n) is 5.64. The lowest BCUT2D eigenvalue weighted by atomic mass is 10.1. The highest BCUT2D eigenvalue weighted by molar-refractivity contribution is 7.89. The average molecular weight is 286 g/mol. The van der Waals surface area contributed by atoms with E-state index < -0.39 is 21.5 Å². The Hall–Kier alpha value is -1.44. The van der Waals surface area contributed by atoms with Crippen molar-refractivity contribution in [3.63, 3.8) is 0 Å². The summed E-state index contributed by atoms with van der Waals surface area (Å²) in [5.74, 6) is -0.515. The average Bonchev–Trinajstić information content (AvgIpc) is 2.37. The molecule has 7 heteroatoms. The third kappa shape index (κ3) is 4.02. The topological polar surface area (TPSA) is 98.5 Å². The van der Waals surface area contributed by atoms with Crippen molar-refractivity contribution in [2.45, 2.75) is 24.3 Å². The van der Waals surface area contributed by atoms with Gasteiger partial charge in [-0.1, -0.05) is 0 Å². The van der Waals surface area contributed by atoms with Gasteiger partial charge in [0.15, 0.2) is 0 Å². The number of methoxy groups -OCH3 is 1. The van der Waals surface area contributed by atoms with Crippen molar-refractivity contribution in [1.29, 1.82) is 0 Å². The molecule has 0 fully saturated rings. The lowest BCUT2D eigenvalue weighted by Crippen LogP contribution is -2.48. The van der Waals surface area contributed by atoms with Gasteiger partial charge in [-0.15, -0.1) is 0 Å². The van der Waals surface area contributed by atoms with Gasteiger partial charge in [0.2, 0.25) is 10.0 Å². The molecule has 0 bridgehead atoms. The summed E-state index contributed by atoms with van der Waals surface area (Å²) in [4.78, 5) is 11.3. The highest BCUT2D eigenvalue weighted by atomic mass is 32.2. The van der Waals surface area contributed by atoms with Crippen LogP contribution in [0.5, 0.6) is 0 Å². The van der Waals surface area contributed by atoms with E-state index in [1.54, 1.807) is 13.8 Å². The number of benzene rings is 1. The number of nitrogens with one attached hydrogen (secondary N) is 1. The van der Waals surface area contributed by atoms with E-state index in [4.69, 9.17) is 5.73 Å². The molecule has 0 amide bonds. The predicted molar refractivity (Wildman–Crippen MR) is 71.2 cm³/mol. The van der Waals surface area contributed by atoms with Crippen molar-refractivity contribution in [2.75, 3.05) is 13.7 Å². The number of hydrogen-bond acceptors (Lipinski definition) is 5. The van der Waals surface area contributed by atoms with Crippen molar-refractivity contribution in [3.8, 4) is 0 Å². The molecule has 0 saturated heterocycles. The molecule has 0 saturated carbocycles. The first-order chi connectivity index (χ1) is 8.72. The van der Waals surface area contributed by atoms with Crippen LogP contribution in [0.2, 0.25) is 0 Å². The Bertz CT molecular complexity index is 550. The zero-order valence-electron chi connectivity index (χ0n) is 11.1. The molecule has 1 aromatic rings. The van der Waals surface area contributed by atoms with Crippen LogP contribution in [0.1, 0.15) is 24.2 Å². The van der Waals surface area contributed by atoms with E-state index in [2.05, 4.69) is 9.46 Å². The number of sulfonamides is 1. The lowest BCUT2D eigenvalue weighted by molar-refractivity contribution is 0.0600. The third-order valence-corrected chi connectivity index (χ3v) is 4.22. The number of rotatable bonds is 5. The quantitative estimate of drug-likeness (QED) is 0.767. The second-order valence-corrected chi connectivity index (χ2v) is 6.39. The van der Waals surface area contributed by atoms with Crippen LogP contribution in [0.15, 0.2) is 29.2 Å². The molecule has 0 unspecified atom stereocenters. The fourth-order valence-corrected chi connectivity index (χ4v) is 2.78. The van der Waals surface area contributed by atoms with Crippen LogP contribution in [-0.4, -0.2) is 33.6 Å². The normalized spacial score (nSPS) is 12.2. The molecule has 0 heterocycles. The number of carbonyl (C=O) groups excluding carboxylic acids is 1. The van der Waals surface area contributed by atoms with Gasteiger partial charge in [0.05, 0.1) is 17.6 Å². The Morgan fingerprint density at radius 2 is 1.84 bits per heavy atom. The maximum atomic E-state index is 12.1. The molecule has 0 aliphatic carbocycles. The van der Waals surface area contributed by atoms with Gasteiger partial charge in [0, 0.05) is 12.1 Å². The van der Waals surface area contributed by atoms with Gasteiger partial charge in [0.1, 0.15) is 0 Å².